The highest BCUT2D eigenvalue weighted by Gasteiger charge is 2.19. The van der Waals surface area contributed by atoms with Crippen LogP contribution in [0.25, 0.3) is 0 Å². The molecule has 1 aliphatic heterocycles. The molecule has 1 aromatic rings. The maximum absolute atomic E-state index is 4.74. The fourth-order valence-electron chi connectivity index (χ4n) is 3.68. The first-order chi connectivity index (χ1) is 12.6. The number of hydrogen-bond donors (Lipinski definition) is 2. The second kappa shape index (κ2) is 11.2. The van der Waals surface area contributed by atoms with Gasteiger partial charge in [0.25, 0.3) is 0 Å². The molecule has 1 fully saturated rings. The molecule has 0 amide bonds. The van der Waals surface area contributed by atoms with E-state index >= 15 is 0 Å². The van der Waals surface area contributed by atoms with Gasteiger partial charge in [0.2, 0.25) is 0 Å². The Morgan fingerprint density at radius 3 is 2.88 bits per heavy atom. The Morgan fingerprint density at radius 1 is 1.31 bits per heavy atom. The molecule has 0 aromatic carbocycles. The molecular formula is C20H38N6. The number of nitrogens with zero attached hydrogens (tertiary/aromatic N) is 4. The SMILES string of the molecule is CCNC(=NCc1nccn1CC(C)C)NCCN1CCCCC1CC. The first-order valence-corrected chi connectivity index (χ1v) is 10.4. The lowest BCUT2D eigenvalue weighted by molar-refractivity contribution is 0.147. The van der Waals surface area contributed by atoms with Gasteiger partial charge in [0.15, 0.2) is 5.96 Å². The van der Waals surface area contributed by atoms with Crippen LogP contribution in [-0.4, -0.2) is 52.6 Å². The molecule has 0 radical (unpaired) electrons. The zero-order valence-electron chi connectivity index (χ0n) is 17.2. The Hall–Kier alpha value is -1.56. The van der Waals surface area contributed by atoms with Crippen LogP contribution in [0.3, 0.4) is 0 Å². The molecule has 0 aliphatic carbocycles. The van der Waals surface area contributed by atoms with Crippen molar-refractivity contribution >= 4 is 5.96 Å². The Labute approximate surface area is 159 Å². The molecule has 6 heteroatoms. The third-order valence-corrected chi connectivity index (χ3v) is 5.00. The lowest BCUT2D eigenvalue weighted by atomic mass is 10.0. The summed E-state index contributed by atoms with van der Waals surface area (Å²) in [5.41, 5.74) is 0. The fraction of sp³-hybridized carbons (Fsp3) is 0.800. The zero-order valence-corrected chi connectivity index (χ0v) is 17.2. The molecule has 26 heavy (non-hydrogen) atoms. The summed E-state index contributed by atoms with van der Waals surface area (Å²) in [4.78, 5) is 11.8. The van der Waals surface area contributed by atoms with E-state index in [-0.39, 0.29) is 0 Å². The standard InChI is InChI=1S/C20H38N6/c1-5-18-9-7-8-12-25(18)13-11-23-20(21-6-2)24-15-19-22-10-14-26(19)16-17(3)4/h10,14,17-18H,5-9,11-13,15-16H2,1-4H3,(H2,21,23,24). The van der Waals surface area contributed by atoms with Gasteiger partial charge in [-0.3, -0.25) is 4.90 Å². The van der Waals surface area contributed by atoms with Crippen LogP contribution in [0.15, 0.2) is 17.4 Å². The summed E-state index contributed by atoms with van der Waals surface area (Å²) in [5, 5.41) is 6.85. The van der Waals surface area contributed by atoms with E-state index in [0.717, 1.165) is 44.0 Å². The van der Waals surface area contributed by atoms with Crippen molar-refractivity contribution in [1.82, 2.24) is 25.1 Å². The first-order valence-electron chi connectivity index (χ1n) is 10.4. The van der Waals surface area contributed by atoms with Crippen molar-refractivity contribution in [3.63, 3.8) is 0 Å². The third-order valence-electron chi connectivity index (χ3n) is 5.00. The second-order valence-corrected chi connectivity index (χ2v) is 7.61. The molecule has 148 valence electrons. The van der Waals surface area contributed by atoms with Gasteiger partial charge in [0.05, 0.1) is 0 Å². The molecule has 2 rings (SSSR count). The molecule has 1 aliphatic rings. The number of likely N-dealkylation sites (tertiary alicyclic amines) is 1. The highest BCUT2D eigenvalue weighted by atomic mass is 15.2. The maximum atomic E-state index is 4.74. The van der Waals surface area contributed by atoms with Gasteiger partial charge in [-0.05, 0) is 38.6 Å². The maximum Gasteiger partial charge on any atom is 0.191 e. The minimum atomic E-state index is 0.606. The average Bonchev–Trinajstić information content (AvgIpc) is 3.06. The topological polar surface area (TPSA) is 57.5 Å². The van der Waals surface area contributed by atoms with Gasteiger partial charge in [-0.2, -0.15) is 0 Å². The number of aromatic nitrogens is 2. The predicted molar refractivity (Wildman–Crippen MR) is 109 cm³/mol. The van der Waals surface area contributed by atoms with Gasteiger partial charge in [-0.1, -0.05) is 27.2 Å². The average molecular weight is 363 g/mol. The number of rotatable bonds is 9. The molecule has 0 spiro atoms. The summed E-state index contributed by atoms with van der Waals surface area (Å²) in [6, 6.07) is 0.758. The van der Waals surface area contributed by atoms with Gasteiger partial charge in [-0.15, -0.1) is 0 Å². The van der Waals surface area contributed by atoms with Crippen molar-refractivity contribution in [2.75, 3.05) is 26.2 Å². The molecule has 2 N–H and O–H groups in total. The number of nitrogens with one attached hydrogen (secondary N) is 2. The Morgan fingerprint density at radius 2 is 2.15 bits per heavy atom. The number of piperidine rings is 1. The van der Waals surface area contributed by atoms with Crippen LogP contribution in [0.4, 0.5) is 0 Å². The monoisotopic (exact) mass is 362 g/mol. The van der Waals surface area contributed by atoms with Crippen LogP contribution in [-0.2, 0) is 13.1 Å². The van der Waals surface area contributed by atoms with E-state index in [2.05, 4.69) is 52.8 Å². The lowest BCUT2D eigenvalue weighted by Crippen LogP contribution is -2.45. The molecule has 1 aromatic heterocycles. The molecule has 1 unspecified atom stereocenters. The molecule has 2 heterocycles. The molecule has 1 atom stereocenters. The Balaban J connectivity index is 1.85. The number of imidazole rings is 1. The third kappa shape index (κ3) is 6.63. The first kappa shape index (κ1) is 20.7. The molecular weight excluding hydrogens is 324 g/mol. The van der Waals surface area contributed by atoms with Crippen molar-refractivity contribution in [3.05, 3.63) is 18.2 Å². The van der Waals surface area contributed by atoms with Crippen molar-refractivity contribution in [2.24, 2.45) is 10.9 Å². The lowest BCUT2D eigenvalue weighted by Gasteiger charge is -2.35. The van der Waals surface area contributed by atoms with E-state index < -0.39 is 0 Å². The van der Waals surface area contributed by atoms with Crippen molar-refractivity contribution in [1.29, 1.82) is 0 Å². The van der Waals surface area contributed by atoms with Crippen molar-refractivity contribution in [2.45, 2.75) is 72.5 Å². The van der Waals surface area contributed by atoms with Crippen LogP contribution < -0.4 is 10.6 Å². The molecule has 1 saturated heterocycles. The Bertz CT molecular complexity index is 536. The summed E-state index contributed by atoms with van der Waals surface area (Å²) in [6.07, 6.45) is 9.25. The number of hydrogen-bond acceptors (Lipinski definition) is 3. The van der Waals surface area contributed by atoms with Crippen LogP contribution in [0.5, 0.6) is 0 Å². The Kier molecular flexibility index (Phi) is 8.95. The number of aliphatic imine (C=N–C) groups is 1. The fourth-order valence-corrected chi connectivity index (χ4v) is 3.68. The highest BCUT2D eigenvalue weighted by molar-refractivity contribution is 5.79. The molecule has 6 nitrogen and oxygen atoms in total. The van der Waals surface area contributed by atoms with Gasteiger partial charge >= 0.3 is 0 Å². The summed E-state index contributed by atoms with van der Waals surface area (Å²) in [6.45, 7) is 14.6. The second-order valence-electron chi connectivity index (χ2n) is 7.61. The van der Waals surface area contributed by atoms with Crippen LogP contribution >= 0.6 is 0 Å². The summed E-state index contributed by atoms with van der Waals surface area (Å²) < 4.78 is 2.21. The van der Waals surface area contributed by atoms with Gasteiger partial charge in [0, 0.05) is 44.6 Å². The van der Waals surface area contributed by atoms with Crippen molar-refractivity contribution < 1.29 is 0 Å². The van der Waals surface area contributed by atoms with E-state index in [4.69, 9.17) is 4.99 Å². The smallest absolute Gasteiger partial charge is 0.191 e. The molecule has 0 bridgehead atoms. The molecule has 0 saturated carbocycles. The van der Waals surface area contributed by atoms with Gasteiger partial charge in [-0.25, -0.2) is 9.98 Å². The van der Waals surface area contributed by atoms with Gasteiger partial charge < -0.3 is 15.2 Å². The predicted octanol–water partition coefficient (Wildman–Crippen LogP) is 2.86. The quantitative estimate of drug-likeness (QED) is 0.524. The van der Waals surface area contributed by atoms with E-state index in [9.17, 15) is 0 Å². The van der Waals surface area contributed by atoms with E-state index in [1.54, 1.807) is 0 Å². The number of guanidine groups is 1. The highest BCUT2D eigenvalue weighted by Crippen LogP contribution is 2.18. The minimum Gasteiger partial charge on any atom is -0.357 e. The van der Waals surface area contributed by atoms with Crippen LogP contribution in [0.2, 0.25) is 0 Å². The normalized spacial score (nSPS) is 19.1. The van der Waals surface area contributed by atoms with Crippen LogP contribution in [0, 0.1) is 5.92 Å². The van der Waals surface area contributed by atoms with E-state index in [1.165, 1.54) is 32.2 Å². The minimum absolute atomic E-state index is 0.606. The summed E-state index contributed by atoms with van der Waals surface area (Å²) in [5.74, 6) is 2.52. The van der Waals surface area contributed by atoms with Crippen molar-refractivity contribution in [3.8, 4) is 0 Å². The zero-order chi connectivity index (χ0) is 18.8. The van der Waals surface area contributed by atoms with Gasteiger partial charge in [0.1, 0.15) is 12.4 Å². The summed E-state index contributed by atoms with van der Waals surface area (Å²) >= 11 is 0. The summed E-state index contributed by atoms with van der Waals surface area (Å²) in [7, 11) is 0. The van der Waals surface area contributed by atoms with E-state index in [1.807, 2.05) is 12.4 Å². The van der Waals surface area contributed by atoms with E-state index in [0.29, 0.717) is 12.5 Å². The van der Waals surface area contributed by atoms with Crippen LogP contribution in [0.1, 0.15) is 59.2 Å². The largest absolute Gasteiger partial charge is 0.357 e.